The maximum Gasteiger partial charge on any atom is 0.247 e. The van der Waals surface area contributed by atoms with E-state index in [-0.39, 0.29) is 36.8 Å². The molecule has 0 aliphatic carbocycles. The second kappa shape index (κ2) is 22.7. The van der Waals surface area contributed by atoms with Crippen molar-refractivity contribution in [2.45, 2.75) is 39.2 Å². The number of halogens is 1. The van der Waals surface area contributed by atoms with Crippen molar-refractivity contribution in [1.29, 1.82) is 0 Å². The van der Waals surface area contributed by atoms with Crippen molar-refractivity contribution in [2.75, 3.05) is 120 Å². The lowest BCUT2D eigenvalue weighted by molar-refractivity contribution is -0.137. The van der Waals surface area contributed by atoms with Gasteiger partial charge in [-0.15, -0.1) is 23.9 Å². The van der Waals surface area contributed by atoms with Gasteiger partial charge in [0.05, 0.1) is 51.9 Å². The molecule has 0 bridgehead atoms. The van der Waals surface area contributed by atoms with Crippen molar-refractivity contribution in [2.24, 2.45) is 22.4 Å². The summed E-state index contributed by atoms with van der Waals surface area (Å²) < 4.78 is 23.6. The van der Waals surface area contributed by atoms with E-state index in [1.807, 2.05) is 11.1 Å². The van der Waals surface area contributed by atoms with E-state index in [1.54, 1.807) is 4.68 Å². The molecule has 2 aromatic rings. The van der Waals surface area contributed by atoms with Crippen molar-refractivity contribution in [3.8, 4) is 12.3 Å². The third-order valence-electron chi connectivity index (χ3n) is 8.40. The van der Waals surface area contributed by atoms with Crippen LogP contribution in [0.4, 0.5) is 17.8 Å². The summed E-state index contributed by atoms with van der Waals surface area (Å²) in [6.07, 6.45) is 9.24. The molecule has 1 amide bonds. The Kier molecular flexibility index (Phi) is 18.4. The average molecular weight is 736 g/mol. The molecule has 284 valence electrons. The second-order valence-electron chi connectivity index (χ2n) is 12.0. The molecule has 51 heavy (non-hydrogen) atoms. The number of morpholine rings is 1. The topological polar surface area (TPSA) is 210 Å². The molecule has 18 nitrogen and oxygen atoms in total. The number of piperazine rings is 1. The minimum atomic E-state index is -0.451. The van der Waals surface area contributed by atoms with Gasteiger partial charge in [-0.2, -0.15) is 15.0 Å². The number of anilines is 3. The van der Waals surface area contributed by atoms with Gasteiger partial charge in [0.1, 0.15) is 12.6 Å². The van der Waals surface area contributed by atoms with Gasteiger partial charge in [0.25, 0.3) is 0 Å². The Morgan fingerprint density at radius 2 is 1.65 bits per heavy atom. The molecule has 19 heteroatoms. The van der Waals surface area contributed by atoms with Crippen LogP contribution in [0.1, 0.15) is 38.4 Å². The highest BCUT2D eigenvalue weighted by molar-refractivity contribution is 5.85. The summed E-state index contributed by atoms with van der Waals surface area (Å²) in [7, 11) is 0. The molecule has 0 spiro atoms. The summed E-state index contributed by atoms with van der Waals surface area (Å²) in [5.41, 5.74) is 11.6. The molecule has 2 aromatic heterocycles. The summed E-state index contributed by atoms with van der Waals surface area (Å²) in [4.78, 5) is 38.4. The lowest BCUT2D eigenvalue weighted by Crippen LogP contribution is -2.52. The summed E-state index contributed by atoms with van der Waals surface area (Å²) in [5.74, 6) is 4.22. The quantitative estimate of drug-likeness (QED) is 0.0665. The summed E-state index contributed by atoms with van der Waals surface area (Å²) in [5, 5.41) is 12.0. The number of aromatic nitrogens is 6. The lowest BCUT2D eigenvalue weighted by Gasteiger charge is -2.37. The molecule has 2 fully saturated rings. The number of guanidine groups is 1. The second-order valence-corrected chi connectivity index (χ2v) is 12.0. The highest BCUT2D eigenvalue weighted by Gasteiger charge is 2.33. The smallest absolute Gasteiger partial charge is 0.247 e. The van der Waals surface area contributed by atoms with Gasteiger partial charge in [0.15, 0.2) is 5.96 Å². The number of rotatable bonds is 21. The zero-order valence-corrected chi connectivity index (χ0v) is 30.6. The highest BCUT2D eigenvalue weighted by atomic mass is 35.5. The molecular formula is C32H54ClN13O5. The van der Waals surface area contributed by atoms with Crippen LogP contribution >= 0.6 is 12.4 Å². The predicted molar refractivity (Wildman–Crippen MR) is 196 cm³/mol. The molecule has 5 N–H and O–H groups in total. The molecule has 2 saturated heterocycles. The van der Waals surface area contributed by atoms with Crippen LogP contribution in [-0.4, -0.2) is 152 Å². The van der Waals surface area contributed by atoms with E-state index in [0.717, 1.165) is 18.5 Å². The van der Waals surface area contributed by atoms with E-state index in [1.165, 1.54) is 0 Å². The first-order chi connectivity index (χ1) is 24.4. The maximum absolute atomic E-state index is 14.0. The molecule has 2 aliphatic rings. The van der Waals surface area contributed by atoms with Crippen LogP contribution < -0.4 is 26.6 Å². The largest absolute Gasteiger partial charge is 0.378 e. The zero-order chi connectivity index (χ0) is 35.6. The van der Waals surface area contributed by atoms with Gasteiger partial charge in [0.2, 0.25) is 23.8 Å². The SMILES string of the molecule is C#CCOCCOCCOCCNc1nc(N2CCOCC2)nc(N2CCN(C(=O)[C@H]([C@@H](C)CC)n3cc(CCCN=C(N)N)nn3)CC2)n1.Cl. The fourth-order valence-electron chi connectivity index (χ4n) is 5.47. The van der Waals surface area contributed by atoms with Crippen molar-refractivity contribution in [1.82, 2.24) is 34.8 Å². The number of terminal acetylenes is 1. The molecule has 4 rings (SSSR count). The van der Waals surface area contributed by atoms with Crippen LogP contribution in [0, 0.1) is 18.3 Å². The number of nitrogens with one attached hydrogen (secondary N) is 1. The van der Waals surface area contributed by atoms with Gasteiger partial charge in [-0.05, 0) is 18.8 Å². The van der Waals surface area contributed by atoms with E-state index in [9.17, 15) is 4.79 Å². The number of amides is 1. The number of aryl methyl sites for hydroxylation is 1. The Balaban J connectivity index is 0.00000702. The van der Waals surface area contributed by atoms with E-state index in [2.05, 4.69) is 50.2 Å². The zero-order valence-electron chi connectivity index (χ0n) is 29.8. The Hall–Kier alpha value is -4.02. The van der Waals surface area contributed by atoms with Crippen LogP contribution in [0.25, 0.3) is 0 Å². The Morgan fingerprint density at radius 3 is 2.29 bits per heavy atom. The average Bonchev–Trinajstić information content (AvgIpc) is 3.60. The van der Waals surface area contributed by atoms with Crippen LogP contribution in [0.15, 0.2) is 11.2 Å². The van der Waals surface area contributed by atoms with Crippen LogP contribution in [-0.2, 0) is 30.2 Å². The van der Waals surface area contributed by atoms with Crippen LogP contribution in [0.5, 0.6) is 0 Å². The van der Waals surface area contributed by atoms with E-state index in [4.69, 9.17) is 51.8 Å². The third-order valence-corrected chi connectivity index (χ3v) is 8.40. The van der Waals surface area contributed by atoms with Crippen molar-refractivity contribution in [3.05, 3.63) is 11.9 Å². The Morgan fingerprint density at radius 1 is 1.00 bits per heavy atom. The van der Waals surface area contributed by atoms with Crippen molar-refractivity contribution in [3.63, 3.8) is 0 Å². The number of hydrogen-bond acceptors (Lipinski definition) is 14. The van der Waals surface area contributed by atoms with E-state index in [0.29, 0.717) is 123 Å². The van der Waals surface area contributed by atoms with Gasteiger partial charge in [0, 0.05) is 58.6 Å². The Bertz CT molecular complexity index is 1380. The summed E-state index contributed by atoms with van der Waals surface area (Å²) in [6, 6.07) is -0.451. The lowest BCUT2D eigenvalue weighted by atomic mass is 9.97. The van der Waals surface area contributed by atoms with Crippen LogP contribution in [0.2, 0.25) is 0 Å². The molecule has 2 atom stereocenters. The van der Waals surface area contributed by atoms with Gasteiger partial charge >= 0.3 is 0 Å². The van der Waals surface area contributed by atoms with E-state index >= 15 is 0 Å². The third kappa shape index (κ3) is 13.6. The van der Waals surface area contributed by atoms with Crippen molar-refractivity contribution < 1.29 is 23.7 Å². The Labute approximate surface area is 306 Å². The van der Waals surface area contributed by atoms with Gasteiger partial charge in [-0.3, -0.25) is 9.79 Å². The van der Waals surface area contributed by atoms with Gasteiger partial charge < -0.3 is 50.4 Å². The summed E-state index contributed by atoms with van der Waals surface area (Å²) >= 11 is 0. The minimum Gasteiger partial charge on any atom is -0.378 e. The molecule has 2 aliphatic heterocycles. The molecular weight excluding hydrogens is 682 g/mol. The molecule has 0 radical (unpaired) electrons. The summed E-state index contributed by atoms with van der Waals surface area (Å²) in [6.45, 7) is 12.6. The number of carbonyl (C=O) groups is 1. The first-order valence-corrected chi connectivity index (χ1v) is 17.4. The number of nitrogens with two attached hydrogens (primary N) is 2. The molecule has 0 saturated carbocycles. The fourth-order valence-corrected chi connectivity index (χ4v) is 5.47. The van der Waals surface area contributed by atoms with Gasteiger partial charge in [-0.25, -0.2) is 4.68 Å². The van der Waals surface area contributed by atoms with E-state index < -0.39 is 6.04 Å². The monoisotopic (exact) mass is 735 g/mol. The van der Waals surface area contributed by atoms with Crippen LogP contribution in [0.3, 0.4) is 0 Å². The minimum absolute atomic E-state index is 0. The van der Waals surface area contributed by atoms with Gasteiger partial charge in [-0.1, -0.05) is 31.4 Å². The first kappa shape index (κ1) is 41.4. The molecule has 4 heterocycles. The number of hydrogen-bond donors (Lipinski definition) is 3. The van der Waals surface area contributed by atoms with Crippen molar-refractivity contribution >= 4 is 42.1 Å². The number of aliphatic imine (C=N–C) groups is 1. The number of ether oxygens (including phenoxy) is 4. The fraction of sp³-hybridized carbons (Fsp3) is 0.719. The molecule has 0 unspecified atom stereocenters. The normalized spacial score (nSPS) is 15.8. The standard InChI is InChI=1S/C32H53N13O5.ClH/c1-4-16-47-20-22-50-23-21-48-17-9-36-30-37-31(39-32(38-30)44-14-18-49-19-15-44)43-12-10-42(11-13-43)28(46)27(25(3)5-2)45-24-26(40-41-45)7-6-8-35-29(33)34;/h1,24-25,27H,5-23H2,2-3H3,(H4,33,34,35)(H,36,37,38,39);1H/t25-,27-;/m0./s1. The highest BCUT2D eigenvalue weighted by Crippen LogP contribution is 2.25. The predicted octanol–water partition coefficient (Wildman–Crippen LogP) is -0.0416. The first-order valence-electron chi connectivity index (χ1n) is 17.4. The number of nitrogens with zero attached hydrogens (tertiary/aromatic N) is 10. The molecule has 0 aromatic carbocycles. The maximum atomic E-state index is 14.0. The number of carbonyl (C=O) groups excluding carboxylic acids is 1.